The molecule has 0 amide bonds. The van der Waals surface area contributed by atoms with Crippen LogP contribution in [-0.2, 0) is 4.74 Å². The van der Waals surface area contributed by atoms with E-state index < -0.39 is 29.8 Å². The zero-order valence-corrected chi connectivity index (χ0v) is 16.0. The van der Waals surface area contributed by atoms with Crippen molar-refractivity contribution in [3.8, 4) is 0 Å². The molecule has 0 fully saturated rings. The fourth-order valence-electron chi connectivity index (χ4n) is 2.36. The van der Waals surface area contributed by atoms with Crippen molar-refractivity contribution >= 4 is 46.6 Å². The molecule has 1 heterocycles. The monoisotopic (exact) mass is 474 g/mol. The Bertz CT molecular complexity index is 986. The Kier molecular flexibility index (Phi) is 5.53. The van der Waals surface area contributed by atoms with Crippen molar-refractivity contribution < 1.29 is 31.1 Å². The van der Waals surface area contributed by atoms with Crippen LogP contribution in [0.4, 0.5) is 26.3 Å². The predicted molar refractivity (Wildman–Crippen MR) is 96.9 cm³/mol. The van der Waals surface area contributed by atoms with Crippen molar-refractivity contribution in [1.82, 2.24) is 0 Å². The highest BCUT2D eigenvalue weighted by Crippen LogP contribution is 2.49. The van der Waals surface area contributed by atoms with Crippen LogP contribution in [0.1, 0.15) is 11.1 Å². The quantitative estimate of drug-likeness (QED) is 0.446. The average Bonchev–Trinajstić information content (AvgIpc) is 2.60. The van der Waals surface area contributed by atoms with Gasteiger partial charge in [0.1, 0.15) is 0 Å². The van der Waals surface area contributed by atoms with Gasteiger partial charge in [0.2, 0.25) is 11.8 Å². The number of alkyl halides is 6. The molecule has 0 radical (unpaired) electrons. The number of halogens is 9. The molecule has 0 unspecified atom stereocenters. The summed E-state index contributed by atoms with van der Waals surface area (Å²) in [6.07, 6.45) is -11.8. The third-order valence-corrected chi connectivity index (χ3v) is 4.56. The van der Waals surface area contributed by atoms with Gasteiger partial charge in [-0.3, -0.25) is 0 Å². The molecule has 0 aliphatic carbocycles. The van der Waals surface area contributed by atoms with Gasteiger partial charge in [0.25, 0.3) is 0 Å². The first-order chi connectivity index (χ1) is 13.3. The average molecular weight is 476 g/mol. The van der Waals surface area contributed by atoms with Crippen molar-refractivity contribution in [1.29, 1.82) is 0 Å². The molecule has 29 heavy (non-hydrogen) atoms. The zero-order chi connectivity index (χ0) is 21.6. The van der Waals surface area contributed by atoms with Crippen molar-refractivity contribution in [2.45, 2.75) is 18.0 Å². The fourth-order valence-corrected chi connectivity index (χ4v) is 2.98. The van der Waals surface area contributed by atoms with E-state index in [1.54, 1.807) is 0 Å². The summed E-state index contributed by atoms with van der Waals surface area (Å²) in [5, 5.41) is 0.0595. The van der Waals surface area contributed by atoms with Gasteiger partial charge in [-0.1, -0.05) is 34.8 Å². The minimum atomic E-state index is -5.92. The second kappa shape index (κ2) is 7.37. The Morgan fingerprint density at radius 1 is 0.724 bits per heavy atom. The first kappa shape index (κ1) is 21.7. The van der Waals surface area contributed by atoms with E-state index in [0.29, 0.717) is 0 Å². The molecule has 1 aliphatic heterocycles. The maximum absolute atomic E-state index is 13.6. The van der Waals surface area contributed by atoms with Crippen LogP contribution in [-0.4, -0.2) is 29.8 Å². The van der Waals surface area contributed by atoms with E-state index in [-0.39, 0.29) is 26.2 Å². The minimum absolute atomic E-state index is 0.111. The van der Waals surface area contributed by atoms with Crippen molar-refractivity contribution in [3.05, 3.63) is 68.7 Å². The third kappa shape index (κ3) is 4.04. The van der Waals surface area contributed by atoms with Gasteiger partial charge in [-0.05, 0) is 42.5 Å². The summed E-state index contributed by atoms with van der Waals surface area (Å²) in [5.41, 5.74) is -5.29. The fraction of sp³-hybridized carbons (Fsp3) is 0.176. The molecule has 0 atom stereocenters. The lowest BCUT2D eigenvalue weighted by atomic mass is 10.1. The number of hydrogen-bond acceptors (Lipinski definition) is 3. The molecule has 0 bridgehead atoms. The first-order valence-corrected chi connectivity index (χ1v) is 8.70. The highest BCUT2D eigenvalue weighted by Gasteiger charge is 2.74. The molecule has 0 saturated heterocycles. The molecule has 0 saturated carbocycles. The molecule has 154 valence electrons. The number of benzene rings is 2. The molecule has 3 rings (SSSR count). The summed E-state index contributed by atoms with van der Waals surface area (Å²) in [7, 11) is 0. The summed E-state index contributed by atoms with van der Waals surface area (Å²) in [5.74, 6) is -1.96. The lowest BCUT2D eigenvalue weighted by Gasteiger charge is -2.34. The normalized spacial score (nSPS) is 16.7. The highest BCUT2D eigenvalue weighted by molar-refractivity contribution is 6.37. The summed E-state index contributed by atoms with van der Waals surface area (Å²) in [6, 6.07) is 8.26. The molecular weight excluding hydrogens is 469 g/mol. The molecule has 12 heteroatoms. The van der Waals surface area contributed by atoms with Crippen LogP contribution >= 0.6 is 34.8 Å². The van der Waals surface area contributed by atoms with E-state index in [9.17, 15) is 26.3 Å². The number of aliphatic imine (C=N–C) groups is 2. The van der Waals surface area contributed by atoms with E-state index in [1.165, 1.54) is 18.2 Å². The highest BCUT2D eigenvalue weighted by atomic mass is 35.5. The zero-order valence-electron chi connectivity index (χ0n) is 13.7. The minimum Gasteiger partial charge on any atom is -0.420 e. The van der Waals surface area contributed by atoms with Gasteiger partial charge in [-0.15, -0.1) is 0 Å². The first-order valence-electron chi connectivity index (χ1n) is 7.56. The van der Waals surface area contributed by atoms with Crippen LogP contribution in [0.25, 0.3) is 0 Å². The van der Waals surface area contributed by atoms with Crippen LogP contribution in [0.2, 0.25) is 15.1 Å². The molecule has 0 N–H and O–H groups in total. The summed E-state index contributed by atoms with van der Waals surface area (Å²) in [6.45, 7) is 0. The second-order valence-corrected chi connectivity index (χ2v) is 7.01. The van der Waals surface area contributed by atoms with Gasteiger partial charge in [0.15, 0.2) is 0 Å². The molecule has 2 aromatic rings. The number of hydrogen-bond donors (Lipinski definition) is 0. The Balaban J connectivity index is 2.27. The molecular formula is C17H7Cl3F6N2O. The Morgan fingerprint density at radius 3 is 1.76 bits per heavy atom. The van der Waals surface area contributed by atoms with Crippen LogP contribution in [0, 0.1) is 0 Å². The smallest absolute Gasteiger partial charge is 0.420 e. The molecule has 0 aromatic heterocycles. The second-order valence-electron chi connectivity index (χ2n) is 5.73. The van der Waals surface area contributed by atoms with E-state index in [0.717, 1.165) is 24.3 Å². The molecule has 3 nitrogen and oxygen atoms in total. The number of rotatable bonds is 2. The number of nitrogens with zero attached hydrogens (tertiary/aromatic N) is 2. The lowest BCUT2D eigenvalue weighted by molar-refractivity contribution is -0.293. The van der Waals surface area contributed by atoms with Gasteiger partial charge in [-0.2, -0.15) is 26.3 Å². The van der Waals surface area contributed by atoms with E-state index in [4.69, 9.17) is 39.5 Å². The summed E-state index contributed by atoms with van der Waals surface area (Å²) >= 11 is 17.4. The van der Waals surface area contributed by atoms with E-state index in [1.807, 2.05) is 0 Å². The molecule has 2 aromatic carbocycles. The summed E-state index contributed by atoms with van der Waals surface area (Å²) in [4.78, 5) is 5.64. The van der Waals surface area contributed by atoms with Gasteiger partial charge < -0.3 is 4.74 Å². The van der Waals surface area contributed by atoms with Crippen molar-refractivity contribution in [2.75, 3.05) is 0 Å². The van der Waals surface area contributed by atoms with Crippen LogP contribution in [0.15, 0.2) is 52.4 Å². The predicted octanol–water partition coefficient (Wildman–Crippen LogP) is 6.69. The molecule has 0 spiro atoms. The van der Waals surface area contributed by atoms with E-state index >= 15 is 0 Å². The van der Waals surface area contributed by atoms with Crippen LogP contribution < -0.4 is 0 Å². The van der Waals surface area contributed by atoms with Gasteiger partial charge >= 0.3 is 18.0 Å². The van der Waals surface area contributed by atoms with Crippen LogP contribution in [0.3, 0.4) is 0 Å². The number of ether oxygens (including phenoxy) is 1. The van der Waals surface area contributed by atoms with Gasteiger partial charge in [-0.25, -0.2) is 9.98 Å². The van der Waals surface area contributed by atoms with Crippen molar-refractivity contribution in [2.24, 2.45) is 9.98 Å². The largest absolute Gasteiger partial charge is 0.443 e. The SMILES string of the molecule is FC(F)(F)C1(C(F)(F)F)N=C(c2ccc(Cl)cc2)OC(c2ccc(Cl)cc2Cl)=N1. The van der Waals surface area contributed by atoms with Gasteiger partial charge in [0.05, 0.1) is 10.6 Å². The molecule has 1 aliphatic rings. The maximum Gasteiger partial charge on any atom is 0.443 e. The third-order valence-electron chi connectivity index (χ3n) is 3.76. The maximum atomic E-state index is 13.6. The Hall–Kier alpha value is -1.97. The van der Waals surface area contributed by atoms with Crippen LogP contribution in [0.5, 0.6) is 0 Å². The lowest BCUT2D eigenvalue weighted by Crippen LogP contribution is -2.56. The Morgan fingerprint density at radius 2 is 1.24 bits per heavy atom. The topological polar surface area (TPSA) is 34.0 Å². The summed E-state index contributed by atoms with van der Waals surface area (Å²) < 4.78 is 87.0. The van der Waals surface area contributed by atoms with E-state index in [2.05, 4.69) is 9.98 Å². The van der Waals surface area contributed by atoms with Crippen molar-refractivity contribution in [3.63, 3.8) is 0 Å². The van der Waals surface area contributed by atoms with Gasteiger partial charge in [0, 0.05) is 15.6 Å². The Labute approximate surface area is 174 Å². The standard InChI is InChI=1S/C17H7Cl3F6N2O/c18-9-3-1-8(2-4-9)13-27-15(16(21,22)23,17(24,25)26)28-14(29-13)11-6-5-10(19)7-12(11)20/h1-7H.